The van der Waals surface area contributed by atoms with E-state index in [-0.39, 0.29) is 36.9 Å². The highest BCUT2D eigenvalue weighted by Gasteiger charge is 2.39. The Bertz CT molecular complexity index is 1370. The minimum atomic E-state index is -0.901. The van der Waals surface area contributed by atoms with Gasteiger partial charge in [-0.25, -0.2) is 0 Å². The number of carboxylic acid groups (broad SMARTS) is 1. The van der Waals surface area contributed by atoms with Crippen molar-refractivity contribution in [2.45, 2.75) is 103 Å². The monoisotopic (exact) mass is 566 g/mol. The van der Waals surface area contributed by atoms with Crippen LogP contribution in [0, 0.1) is 18.3 Å². The number of nitrogens with zero attached hydrogens (tertiary/aromatic N) is 2. The van der Waals surface area contributed by atoms with Crippen LogP contribution in [0.2, 0.25) is 5.02 Å². The lowest BCUT2D eigenvalue weighted by Crippen LogP contribution is -2.25. The van der Waals surface area contributed by atoms with E-state index in [0.29, 0.717) is 45.8 Å². The first-order valence-electron chi connectivity index (χ1n) is 14.4. The van der Waals surface area contributed by atoms with Crippen molar-refractivity contribution in [3.63, 3.8) is 0 Å². The second-order valence-electron chi connectivity index (χ2n) is 13.1. The van der Waals surface area contributed by atoms with Crippen molar-refractivity contribution in [2.75, 3.05) is 0 Å². The van der Waals surface area contributed by atoms with Gasteiger partial charge in [0, 0.05) is 47.8 Å². The van der Waals surface area contributed by atoms with E-state index in [1.807, 2.05) is 31.2 Å². The van der Waals surface area contributed by atoms with Gasteiger partial charge >= 0.3 is 5.97 Å². The number of benzene rings is 1. The van der Waals surface area contributed by atoms with Gasteiger partial charge in [-0.15, -0.1) is 0 Å². The number of hydrogen-bond donors (Lipinski definition) is 1. The summed E-state index contributed by atoms with van der Waals surface area (Å²) in [6.45, 7) is 8.79. The number of ketones is 1. The van der Waals surface area contributed by atoms with Crippen molar-refractivity contribution in [2.24, 2.45) is 11.3 Å². The largest absolute Gasteiger partial charge is 0.481 e. The summed E-state index contributed by atoms with van der Waals surface area (Å²) in [7, 11) is 0. The molecule has 2 aliphatic rings. The molecule has 1 aromatic carbocycles. The van der Waals surface area contributed by atoms with E-state index < -0.39 is 5.97 Å². The van der Waals surface area contributed by atoms with Gasteiger partial charge in [-0.2, -0.15) is 0 Å². The molecule has 7 nitrogen and oxygen atoms in total. The number of aromatic nitrogens is 2. The van der Waals surface area contributed by atoms with Crippen LogP contribution in [0.5, 0.6) is 0 Å². The summed E-state index contributed by atoms with van der Waals surface area (Å²) in [5.41, 5.74) is 4.39. The third kappa shape index (κ3) is 6.85. The molecule has 0 bridgehead atoms. The second kappa shape index (κ2) is 11.5. The van der Waals surface area contributed by atoms with Crippen LogP contribution in [0.3, 0.4) is 0 Å². The summed E-state index contributed by atoms with van der Waals surface area (Å²) in [4.78, 5) is 24.7. The van der Waals surface area contributed by atoms with Crippen molar-refractivity contribution < 1.29 is 23.7 Å². The zero-order chi connectivity index (χ0) is 28.6. The Balaban J connectivity index is 1.35. The minimum Gasteiger partial charge on any atom is -0.481 e. The van der Waals surface area contributed by atoms with Crippen LogP contribution >= 0.6 is 11.6 Å². The molecule has 0 spiro atoms. The lowest BCUT2D eigenvalue weighted by atomic mass is 9.67. The predicted molar refractivity (Wildman–Crippen MR) is 153 cm³/mol. The number of halogens is 1. The molecule has 1 atom stereocenters. The number of Topliss-reactive ketones (excluding diaryl/α,β-unsaturated/α-hetero) is 1. The first-order chi connectivity index (χ1) is 19.0. The van der Waals surface area contributed by atoms with Gasteiger partial charge in [0.05, 0.1) is 5.69 Å². The predicted octanol–water partition coefficient (Wildman–Crippen LogP) is 8.25. The van der Waals surface area contributed by atoms with Crippen molar-refractivity contribution >= 4 is 23.4 Å². The number of rotatable bonds is 12. The first-order valence-corrected chi connectivity index (χ1v) is 14.8. The van der Waals surface area contributed by atoms with Crippen molar-refractivity contribution in [1.29, 1.82) is 0 Å². The number of carbonyl (C=O) groups excluding carboxylic acids is 1. The summed E-state index contributed by atoms with van der Waals surface area (Å²) < 4.78 is 11.7. The third-order valence-corrected chi connectivity index (χ3v) is 8.56. The minimum absolute atomic E-state index is 0.00837. The van der Waals surface area contributed by atoms with E-state index >= 15 is 0 Å². The Morgan fingerprint density at radius 1 is 1.10 bits per heavy atom. The molecule has 0 radical (unpaired) electrons. The Kier molecular flexibility index (Phi) is 8.23. The standard InChI is InChI=1S/C32H39ClN2O5/c1-18-5-6-21(25(33)11-18)14-24(36)15-22(9-10-28(37)38)30-29(20-7-8-20)31(40-35-30)26-16-27(39-34-26)23-12-19(13-23)17-32(2,3)4/h5-6,11,16,19-20,22-23H,7-10,12-15,17H2,1-4H3,(H,37,38)/t19?,22-,23?/m0/s1. The molecule has 0 saturated heterocycles. The number of aliphatic carboxylic acids is 1. The lowest BCUT2D eigenvalue weighted by molar-refractivity contribution is -0.137. The fraction of sp³-hybridized carbons (Fsp3) is 0.562. The number of carboxylic acids is 1. The van der Waals surface area contributed by atoms with Gasteiger partial charge in [0.2, 0.25) is 0 Å². The second-order valence-corrected chi connectivity index (χ2v) is 13.5. The van der Waals surface area contributed by atoms with E-state index in [1.54, 1.807) is 0 Å². The molecular weight excluding hydrogens is 528 g/mol. The molecule has 8 heteroatoms. The topological polar surface area (TPSA) is 106 Å². The Hall–Kier alpha value is -2.93. The van der Waals surface area contributed by atoms with E-state index in [9.17, 15) is 14.7 Å². The average Bonchev–Trinajstić information content (AvgIpc) is 3.40. The highest BCUT2D eigenvalue weighted by atomic mass is 35.5. The van der Waals surface area contributed by atoms with E-state index in [1.165, 1.54) is 6.42 Å². The van der Waals surface area contributed by atoms with Gasteiger partial charge in [0.15, 0.2) is 11.5 Å². The number of hydrogen-bond acceptors (Lipinski definition) is 6. The smallest absolute Gasteiger partial charge is 0.303 e. The highest BCUT2D eigenvalue weighted by Crippen LogP contribution is 2.50. The fourth-order valence-electron chi connectivity index (χ4n) is 6.13. The maximum Gasteiger partial charge on any atom is 0.303 e. The molecule has 2 heterocycles. The molecule has 40 heavy (non-hydrogen) atoms. The molecule has 0 unspecified atom stereocenters. The van der Waals surface area contributed by atoms with Gasteiger partial charge in [-0.3, -0.25) is 9.59 Å². The van der Waals surface area contributed by atoms with Gasteiger partial charge in [0.25, 0.3) is 0 Å². The molecule has 5 rings (SSSR count). The van der Waals surface area contributed by atoms with Crippen molar-refractivity contribution in [3.05, 3.63) is 57.4 Å². The molecule has 2 fully saturated rings. The molecule has 0 amide bonds. The summed E-state index contributed by atoms with van der Waals surface area (Å²) in [5, 5.41) is 18.8. The molecule has 3 aromatic rings. The maximum atomic E-state index is 13.2. The van der Waals surface area contributed by atoms with Crippen LogP contribution in [-0.2, 0) is 16.0 Å². The van der Waals surface area contributed by atoms with Gasteiger partial charge in [-0.05, 0) is 79.9 Å². The van der Waals surface area contributed by atoms with Crippen molar-refractivity contribution in [3.8, 4) is 11.5 Å². The number of aryl methyl sites for hydroxylation is 1. The van der Waals surface area contributed by atoms with Crippen LogP contribution in [0.4, 0.5) is 0 Å². The van der Waals surface area contributed by atoms with Crippen molar-refractivity contribution in [1.82, 2.24) is 10.3 Å². The third-order valence-electron chi connectivity index (χ3n) is 8.21. The molecule has 2 aromatic heterocycles. The van der Waals surface area contributed by atoms with Gasteiger partial charge in [-0.1, -0.05) is 54.8 Å². The Morgan fingerprint density at radius 3 is 2.50 bits per heavy atom. The van der Waals surface area contributed by atoms with Crippen LogP contribution in [-0.4, -0.2) is 27.2 Å². The highest BCUT2D eigenvalue weighted by molar-refractivity contribution is 6.31. The maximum absolute atomic E-state index is 13.2. The van der Waals surface area contributed by atoms with E-state index in [2.05, 4.69) is 31.1 Å². The number of carbonyl (C=O) groups is 2. The normalized spacial score (nSPS) is 19.8. The molecule has 1 N–H and O–H groups in total. The molecule has 214 valence electrons. The Morgan fingerprint density at radius 2 is 1.85 bits per heavy atom. The van der Waals surface area contributed by atoms with Gasteiger partial charge in [0.1, 0.15) is 11.5 Å². The fourth-order valence-corrected chi connectivity index (χ4v) is 6.43. The van der Waals surface area contributed by atoms with Crippen LogP contribution < -0.4 is 0 Å². The quantitative estimate of drug-likeness (QED) is 0.235. The zero-order valence-corrected chi connectivity index (χ0v) is 24.6. The van der Waals surface area contributed by atoms with Crippen LogP contribution in [0.1, 0.15) is 118 Å². The van der Waals surface area contributed by atoms with E-state index in [4.69, 9.17) is 20.6 Å². The summed E-state index contributed by atoms with van der Waals surface area (Å²) in [5.74, 6) is 1.55. The Labute approximate surface area is 240 Å². The van der Waals surface area contributed by atoms with Crippen LogP contribution in [0.15, 0.2) is 33.3 Å². The van der Waals surface area contributed by atoms with Crippen LogP contribution in [0.25, 0.3) is 11.5 Å². The SMILES string of the molecule is Cc1ccc(CC(=O)C[C@H](CCC(=O)O)c2noc(-c3cc(C4CC(CC(C)(C)C)C4)on3)c2C2CC2)c(Cl)c1. The molecule has 2 saturated carbocycles. The first kappa shape index (κ1) is 28.6. The molecule has 0 aliphatic heterocycles. The average molecular weight is 567 g/mol. The molecular formula is C32H39ClN2O5. The summed E-state index contributed by atoms with van der Waals surface area (Å²) in [6.07, 6.45) is 6.02. The summed E-state index contributed by atoms with van der Waals surface area (Å²) >= 11 is 6.38. The summed E-state index contributed by atoms with van der Waals surface area (Å²) in [6, 6.07) is 7.64. The zero-order valence-electron chi connectivity index (χ0n) is 23.8. The lowest BCUT2D eigenvalue weighted by Gasteiger charge is -2.37. The van der Waals surface area contributed by atoms with E-state index in [0.717, 1.165) is 48.1 Å². The van der Waals surface area contributed by atoms with Gasteiger partial charge < -0.3 is 14.2 Å². The molecule has 2 aliphatic carbocycles.